The molecule has 1 unspecified atom stereocenters. The average Bonchev–Trinajstić information content (AvgIpc) is 2.23. The molecule has 0 aromatic heterocycles. The molecule has 0 radical (unpaired) electrons. The molecule has 16 heavy (non-hydrogen) atoms. The smallest absolute Gasteiger partial charge is 0.159 e. The van der Waals surface area contributed by atoms with Crippen LogP contribution in [-0.4, -0.2) is 13.1 Å². The van der Waals surface area contributed by atoms with Crippen LogP contribution in [-0.2, 0) is 6.42 Å². The van der Waals surface area contributed by atoms with Crippen LogP contribution in [0.25, 0.3) is 0 Å². The van der Waals surface area contributed by atoms with Gasteiger partial charge < -0.3 is 5.32 Å². The van der Waals surface area contributed by atoms with Gasteiger partial charge in [-0.1, -0.05) is 19.9 Å². The molecule has 0 amide bonds. The van der Waals surface area contributed by atoms with Crippen molar-refractivity contribution >= 4 is 0 Å². The lowest BCUT2D eigenvalue weighted by Gasteiger charge is -2.19. The highest BCUT2D eigenvalue weighted by atomic mass is 19.2. The lowest BCUT2D eigenvalue weighted by atomic mass is 9.97. The first-order valence-corrected chi connectivity index (χ1v) is 5.65. The highest BCUT2D eigenvalue weighted by molar-refractivity contribution is 5.18. The topological polar surface area (TPSA) is 12.0 Å². The molecule has 0 spiro atoms. The van der Waals surface area contributed by atoms with Crippen LogP contribution in [0.4, 0.5) is 8.78 Å². The molecule has 90 valence electrons. The SMILES string of the molecule is CNC(CCc1ccc(F)c(F)c1)C(C)C. The highest BCUT2D eigenvalue weighted by Crippen LogP contribution is 2.13. The van der Waals surface area contributed by atoms with E-state index in [9.17, 15) is 8.78 Å². The van der Waals surface area contributed by atoms with E-state index in [0.717, 1.165) is 18.4 Å². The fourth-order valence-electron chi connectivity index (χ4n) is 1.83. The first kappa shape index (κ1) is 13.1. The molecule has 0 aliphatic carbocycles. The Morgan fingerprint density at radius 3 is 2.38 bits per heavy atom. The van der Waals surface area contributed by atoms with Crippen LogP contribution < -0.4 is 5.32 Å². The predicted molar refractivity (Wildman–Crippen MR) is 62.4 cm³/mol. The van der Waals surface area contributed by atoms with E-state index >= 15 is 0 Å². The summed E-state index contributed by atoms with van der Waals surface area (Å²) in [5.41, 5.74) is 0.847. The Bertz CT molecular complexity index is 337. The second kappa shape index (κ2) is 5.94. The van der Waals surface area contributed by atoms with Gasteiger partial charge in [0, 0.05) is 6.04 Å². The minimum atomic E-state index is -0.780. The lowest BCUT2D eigenvalue weighted by Crippen LogP contribution is -2.31. The largest absolute Gasteiger partial charge is 0.317 e. The summed E-state index contributed by atoms with van der Waals surface area (Å²) < 4.78 is 25.7. The zero-order chi connectivity index (χ0) is 12.1. The number of nitrogens with one attached hydrogen (secondary N) is 1. The molecule has 1 rings (SSSR count). The molecule has 0 aliphatic heterocycles. The molecular weight excluding hydrogens is 208 g/mol. The van der Waals surface area contributed by atoms with Crippen LogP contribution in [0.5, 0.6) is 0 Å². The van der Waals surface area contributed by atoms with Crippen molar-refractivity contribution in [3.8, 4) is 0 Å². The average molecular weight is 227 g/mol. The molecule has 1 atom stereocenters. The van der Waals surface area contributed by atoms with Crippen molar-refractivity contribution in [1.29, 1.82) is 0 Å². The summed E-state index contributed by atoms with van der Waals surface area (Å²) in [5, 5.41) is 3.23. The highest BCUT2D eigenvalue weighted by Gasteiger charge is 2.11. The molecule has 3 heteroatoms. The molecule has 0 fully saturated rings. The van der Waals surface area contributed by atoms with Gasteiger partial charge in [-0.3, -0.25) is 0 Å². The fourth-order valence-corrected chi connectivity index (χ4v) is 1.83. The monoisotopic (exact) mass is 227 g/mol. The quantitative estimate of drug-likeness (QED) is 0.814. The van der Waals surface area contributed by atoms with Crippen LogP contribution in [0.2, 0.25) is 0 Å². The van der Waals surface area contributed by atoms with Crippen molar-refractivity contribution in [3.63, 3.8) is 0 Å². The van der Waals surface area contributed by atoms with Crippen LogP contribution in [0.3, 0.4) is 0 Å². The molecule has 0 aliphatic rings. The summed E-state index contributed by atoms with van der Waals surface area (Å²) >= 11 is 0. The van der Waals surface area contributed by atoms with Crippen LogP contribution in [0.15, 0.2) is 18.2 Å². The third-order valence-electron chi connectivity index (χ3n) is 2.90. The Kier molecular flexibility index (Phi) is 4.87. The summed E-state index contributed by atoms with van der Waals surface area (Å²) in [5.74, 6) is -1.00. The maximum absolute atomic E-state index is 13.0. The third kappa shape index (κ3) is 3.56. The van der Waals surface area contributed by atoms with E-state index in [1.165, 1.54) is 12.1 Å². The number of hydrogen-bond acceptors (Lipinski definition) is 1. The van der Waals surface area contributed by atoms with Crippen molar-refractivity contribution in [1.82, 2.24) is 5.32 Å². The third-order valence-corrected chi connectivity index (χ3v) is 2.90. The minimum absolute atomic E-state index is 0.410. The maximum atomic E-state index is 13.0. The van der Waals surface area contributed by atoms with Crippen LogP contribution >= 0.6 is 0 Å². The number of hydrogen-bond donors (Lipinski definition) is 1. The van der Waals surface area contributed by atoms with Crippen molar-refractivity contribution in [2.45, 2.75) is 32.7 Å². The van der Waals surface area contributed by atoms with E-state index in [-0.39, 0.29) is 0 Å². The molecule has 0 bridgehead atoms. The number of aryl methyl sites for hydroxylation is 1. The summed E-state index contributed by atoms with van der Waals surface area (Å²) in [6, 6.07) is 4.52. The van der Waals surface area contributed by atoms with Gasteiger partial charge >= 0.3 is 0 Å². The maximum Gasteiger partial charge on any atom is 0.159 e. The zero-order valence-corrected chi connectivity index (χ0v) is 10.1. The van der Waals surface area contributed by atoms with Gasteiger partial charge in [0.1, 0.15) is 0 Å². The summed E-state index contributed by atoms with van der Waals surface area (Å²) in [6.07, 6.45) is 1.69. The van der Waals surface area contributed by atoms with Crippen LogP contribution in [0, 0.1) is 17.6 Å². The van der Waals surface area contributed by atoms with Gasteiger partial charge in [0.2, 0.25) is 0 Å². The van der Waals surface area contributed by atoms with Crippen molar-refractivity contribution in [3.05, 3.63) is 35.4 Å². The molecule has 0 saturated heterocycles. The van der Waals surface area contributed by atoms with Gasteiger partial charge in [-0.2, -0.15) is 0 Å². The summed E-state index contributed by atoms with van der Waals surface area (Å²) in [7, 11) is 1.93. The summed E-state index contributed by atoms with van der Waals surface area (Å²) in [6.45, 7) is 4.29. The van der Waals surface area contributed by atoms with Crippen LogP contribution in [0.1, 0.15) is 25.8 Å². The van der Waals surface area contributed by atoms with Gasteiger partial charge in [0.05, 0.1) is 0 Å². The number of benzene rings is 1. The first-order chi connectivity index (χ1) is 7.54. The van der Waals surface area contributed by atoms with E-state index in [2.05, 4.69) is 19.2 Å². The molecule has 1 N–H and O–H groups in total. The Hall–Kier alpha value is -0.960. The molecule has 0 saturated carbocycles. The van der Waals surface area contributed by atoms with E-state index in [0.29, 0.717) is 12.0 Å². The van der Waals surface area contributed by atoms with Crippen molar-refractivity contribution in [2.24, 2.45) is 5.92 Å². The molecule has 1 aromatic carbocycles. The molecule has 1 nitrogen and oxygen atoms in total. The van der Waals surface area contributed by atoms with E-state index in [1.807, 2.05) is 7.05 Å². The van der Waals surface area contributed by atoms with E-state index in [4.69, 9.17) is 0 Å². The summed E-state index contributed by atoms with van der Waals surface area (Å²) in [4.78, 5) is 0. The van der Waals surface area contributed by atoms with Gasteiger partial charge in [-0.25, -0.2) is 8.78 Å². The van der Waals surface area contributed by atoms with E-state index < -0.39 is 11.6 Å². The normalized spacial score (nSPS) is 13.1. The Balaban J connectivity index is 2.57. The second-order valence-electron chi connectivity index (χ2n) is 4.43. The Morgan fingerprint density at radius 1 is 1.19 bits per heavy atom. The first-order valence-electron chi connectivity index (χ1n) is 5.65. The van der Waals surface area contributed by atoms with Gasteiger partial charge in [0.25, 0.3) is 0 Å². The Labute approximate surface area is 95.9 Å². The van der Waals surface area contributed by atoms with E-state index in [1.54, 1.807) is 6.07 Å². The molecule has 0 heterocycles. The zero-order valence-electron chi connectivity index (χ0n) is 10.1. The fraction of sp³-hybridized carbons (Fsp3) is 0.538. The molecular formula is C13H19F2N. The van der Waals surface area contributed by atoms with Gasteiger partial charge in [-0.05, 0) is 43.5 Å². The lowest BCUT2D eigenvalue weighted by molar-refractivity contribution is 0.402. The van der Waals surface area contributed by atoms with Gasteiger partial charge in [0.15, 0.2) is 11.6 Å². The molecule has 1 aromatic rings. The van der Waals surface area contributed by atoms with Gasteiger partial charge in [-0.15, -0.1) is 0 Å². The second-order valence-corrected chi connectivity index (χ2v) is 4.43. The minimum Gasteiger partial charge on any atom is -0.317 e. The standard InChI is InChI=1S/C13H19F2N/c1-9(2)13(16-3)7-5-10-4-6-11(14)12(15)8-10/h4,6,8-9,13,16H,5,7H2,1-3H3. The predicted octanol–water partition coefficient (Wildman–Crippen LogP) is 3.14. The van der Waals surface area contributed by atoms with Crippen molar-refractivity contribution in [2.75, 3.05) is 7.05 Å². The number of halogens is 2. The number of rotatable bonds is 5. The van der Waals surface area contributed by atoms with Crippen molar-refractivity contribution < 1.29 is 8.78 Å². The Morgan fingerprint density at radius 2 is 1.88 bits per heavy atom.